The van der Waals surface area contributed by atoms with Crippen molar-refractivity contribution in [3.8, 4) is 6.07 Å². The molecule has 0 spiro atoms. The Labute approximate surface area is 165 Å². The molecule has 3 aromatic rings. The van der Waals surface area contributed by atoms with Crippen LogP contribution in [0.3, 0.4) is 0 Å². The van der Waals surface area contributed by atoms with Gasteiger partial charge in [0, 0.05) is 5.56 Å². The quantitative estimate of drug-likeness (QED) is 0.744. The van der Waals surface area contributed by atoms with E-state index < -0.39 is 0 Å². The maximum atomic E-state index is 9.38. The summed E-state index contributed by atoms with van der Waals surface area (Å²) in [6.07, 6.45) is 4.99. The van der Waals surface area contributed by atoms with Crippen molar-refractivity contribution in [2.45, 2.75) is 38.3 Å². The van der Waals surface area contributed by atoms with E-state index in [1.165, 1.54) is 36.1 Å². The Morgan fingerprint density at radius 2 is 1.79 bits per heavy atom. The van der Waals surface area contributed by atoms with E-state index in [-0.39, 0.29) is 6.04 Å². The van der Waals surface area contributed by atoms with Crippen LogP contribution >= 0.6 is 0 Å². The van der Waals surface area contributed by atoms with Gasteiger partial charge in [-0.1, -0.05) is 42.5 Å². The van der Waals surface area contributed by atoms with Crippen LogP contribution in [0.25, 0.3) is 0 Å². The van der Waals surface area contributed by atoms with Gasteiger partial charge >= 0.3 is 0 Å². The molecule has 0 saturated carbocycles. The summed E-state index contributed by atoms with van der Waals surface area (Å²) >= 11 is 0. The van der Waals surface area contributed by atoms with E-state index in [1.54, 1.807) is 0 Å². The molecule has 1 aliphatic rings. The minimum absolute atomic E-state index is 0.0325. The highest BCUT2D eigenvalue weighted by atomic mass is 15.5. The van der Waals surface area contributed by atoms with Gasteiger partial charge in [-0.05, 0) is 53.8 Å². The number of aromatic nitrogens is 4. The zero-order valence-corrected chi connectivity index (χ0v) is 16.0. The third-order valence-electron chi connectivity index (χ3n) is 5.50. The van der Waals surface area contributed by atoms with Crippen LogP contribution in [0, 0.1) is 11.3 Å². The highest BCUT2D eigenvalue weighted by molar-refractivity contribution is 5.35. The van der Waals surface area contributed by atoms with Crippen LogP contribution < -0.4 is 4.90 Å². The van der Waals surface area contributed by atoms with Crippen LogP contribution in [0.2, 0.25) is 0 Å². The fourth-order valence-corrected chi connectivity index (χ4v) is 4.11. The first kappa shape index (κ1) is 18.3. The lowest BCUT2D eigenvalue weighted by molar-refractivity contribution is -0.925. The molecule has 1 fully saturated rings. The number of quaternary nitrogens is 1. The fourth-order valence-electron chi connectivity index (χ4n) is 4.11. The standard InChI is InChI=1S/C22H24N6/c23-16-19-11-8-12-20(15-19)21(27-13-6-1-2-7-14-27)22-24-25-26-28(22)17-18-9-4-3-5-10-18/h3-5,8-12,15,21H,1-2,6-7,13-14,17H2/p+1/t21-/m1/s1. The molecule has 1 aromatic heterocycles. The molecular weight excluding hydrogens is 348 g/mol. The van der Waals surface area contributed by atoms with Gasteiger partial charge in [0.15, 0.2) is 6.04 Å². The number of nitriles is 1. The summed E-state index contributed by atoms with van der Waals surface area (Å²) < 4.78 is 1.91. The monoisotopic (exact) mass is 373 g/mol. The van der Waals surface area contributed by atoms with Crippen molar-refractivity contribution >= 4 is 0 Å². The first-order valence-corrected chi connectivity index (χ1v) is 10.00. The molecule has 1 aliphatic heterocycles. The smallest absolute Gasteiger partial charge is 0.214 e. The van der Waals surface area contributed by atoms with Crippen molar-refractivity contribution in [2.75, 3.05) is 13.1 Å². The van der Waals surface area contributed by atoms with Gasteiger partial charge in [0.2, 0.25) is 5.82 Å². The Morgan fingerprint density at radius 3 is 2.54 bits per heavy atom. The second kappa shape index (κ2) is 8.77. The van der Waals surface area contributed by atoms with E-state index in [4.69, 9.17) is 0 Å². The zero-order chi connectivity index (χ0) is 19.2. The first-order valence-electron chi connectivity index (χ1n) is 10.00. The Morgan fingerprint density at radius 1 is 1.00 bits per heavy atom. The molecule has 4 rings (SSSR count). The average Bonchev–Trinajstić information content (AvgIpc) is 3.01. The van der Waals surface area contributed by atoms with E-state index in [0.29, 0.717) is 12.1 Å². The SMILES string of the molecule is N#Cc1cccc([C@H](c2nnnn2Cc2ccccc2)[NH+]2CCCCCC2)c1. The summed E-state index contributed by atoms with van der Waals surface area (Å²) in [5.41, 5.74) is 2.96. The van der Waals surface area contributed by atoms with Crippen molar-refractivity contribution in [1.82, 2.24) is 20.2 Å². The van der Waals surface area contributed by atoms with Crippen LogP contribution in [0.15, 0.2) is 54.6 Å². The normalized spacial score (nSPS) is 16.2. The molecule has 0 radical (unpaired) electrons. The van der Waals surface area contributed by atoms with Crippen LogP contribution in [0.1, 0.15) is 54.2 Å². The summed E-state index contributed by atoms with van der Waals surface area (Å²) in [4.78, 5) is 1.48. The molecule has 0 bridgehead atoms. The van der Waals surface area contributed by atoms with E-state index in [0.717, 1.165) is 24.5 Å². The predicted octanol–water partition coefficient (Wildman–Crippen LogP) is 2.14. The van der Waals surface area contributed by atoms with Crippen molar-refractivity contribution < 1.29 is 4.90 Å². The molecule has 28 heavy (non-hydrogen) atoms. The van der Waals surface area contributed by atoms with Gasteiger partial charge in [0.1, 0.15) is 0 Å². The van der Waals surface area contributed by atoms with Crippen molar-refractivity contribution in [1.29, 1.82) is 5.26 Å². The van der Waals surface area contributed by atoms with Crippen LogP contribution in [0.4, 0.5) is 0 Å². The first-order chi connectivity index (χ1) is 13.8. The number of rotatable bonds is 5. The molecule has 6 nitrogen and oxygen atoms in total. The van der Waals surface area contributed by atoms with E-state index in [2.05, 4.69) is 39.8 Å². The van der Waals surface area contributed by atoms with Gasteiger partial charge in [0.05, 0.1) is 31.3 Å². The van der Waals surface area contributed by atoms with Crippen molar-refractivity contribution in [3.05, 3.63) is 77.1 Å². The number of benzene rings is 2. The summed E-state index contributed by atoms with van der Waals surface area (Å²) in [5.74, 6) is 0.871. The van der Waals surface area contributed by atoms with Gasteiger partial charge in [-0.15, -0.1) is 5.10 Å². The molecule has 0 unspecified atom stereocenters. The van der Waals surface area contributed by atoms with Gasteiger partial charge in [0.25, 0.3) is 0 Å². The Bertz CT molecular complexity index is 935. The highest BCUT2D eigenvalue weighted by Crippen LogP contribution is 2.20. The maximum Gasteiger partial charge on any atom is 0.214 e. The Hall–Kier alpha value is -3.04. The number of hydrogen-bond donors (Lipinski definition) is 1. The largest absolute Gasteiger partial charge is 0.322 e. The van der Waals surface area contributed by atoms with E-state index in [9.17, 15) is 5.26 Å². The van der Waals surface area contributed by atoms with E-state index >= 15 is 0 Å². The third-order valence-corrected chi connectivity index (χ3v) is 5.50. The van der Waals surface area contributed by atoms with Gasteiger partial charge in [-0.25, -0.2) is 4.68 Å². The highest BCUT2D eigenvalue weighted by Gasteiger charge is 2.32. The lowest BCUT2D eigenvalue weighted by Crippen LogP contribution is -3.12. The summed E-state index contributed by atoms with van der Waals surface area (Å²) in [6, 6.07) is 20.5. The summed E-state index contributed by atoms with van der Waals surface area (Å²) in [7, 11) is 0. The van der Waals surface area contributed by atoms with Gasteiger partial charge in [-0.2, -0.15) is 5.26 Å². The Kier molecular flexibility index (Phi) is 5.74. The molecule has 0 amide bonds. The van der Waals surface area contributed by atoms with Crippen molar-refractivity contribution in [3.63, 3.8) is 0 Å². The summed E-state index contributed by atoms with van der Waals surface area (Å²) in [6.45, 7) is 2.84. The topological polar surface area (TPSA) is 71.8 Å². The average molecular weight is 373 g/mol. The van der Waals surface area contributed by atoms with E-state index in [1.807, 2.05) is 41.1 Å². The van der Waals surface area contributed by atoms with Crippen molar-refractivity contribution in [2.24, 2.45) is 0 Å². The lowest BCUT2D eigenvalue weighted by Gasteiger charge is -2.27. The molecule has 2 aromatic carbocycles. The number of nitrogens with zero attached hydrogens (tertiary/aromatic N) is 5. The Balaban J connectivity index is 1.73. The molecule has 142 valence electrons. The maximum absolute atomic E-state index is 9.38. The fraction of sp³-hybridized carbons (Fsp3) is 0.364. The molecule has 1 atom stereocenters. The number of tetrazole rings is 1. The zero-order valence-electron chi connectivity index (χ0n) is 16.0. The number of hydrogen-bond acceptors (Lipinski definition) is 4. The van der Waals surface area contributed by atoms with Crippen LogP contribution in [-0.4, -0.2) is 33.3 Å². The molecule has 6 heteroatoms. The second-order valence-electron chi connectivity index (χ2n) is 7.42. The lowest BCUT2D eigenvalue weighted by atomic mass is 10.0. The van der Waals surface area contributed by atoms with Crippen LogP contribution in [0.5, 0.6) is 0 Å². The molecule has 1 N–H and O–H groups in total. The summed E-state index contributed by atoms with van der Waals surface area (Å²) in [5, 5.41) is 22.1. The second-order valence-corrected chi connectivity index (χ2v) is 7.42. The van der Waals surface area contributed by atoms with Gasteiger partial charge in [-0.3, -0.25) is 0 Å². The van der Waals surface area contributed by atoms with Gasteiger partial charge < -0.3 is 4.90 Å². The third kappa shape index (κ3) is 4.10. The molecule has 2 heterocycles. The molecular formula is C22H25N6+. The molecule has 1 saturated heterocycles. The minimum Gasteiger partial charge on any atom is -0.322 e. The van der Waals surface area contributed by atoms with Crippen LogP contribution in [-0.2, 0) is 6.54 Å². The minimum atomic E-state index is 0.0325. The number of nitrogens with one attached hydrogen (secondary N) is 1. The number of likely N-dealkylation sites (tertiary alicyclic amines) is 1. The predicted molar refractivity (Wildman–Crippen MR) is 106 cm³/mol. The molecule has 0 aliphatic carbocycles.